The Morgan fingerprint density at radius 1 is 1.15 bits per heavy atom. The Bertz CT molecular complexity index is 968. The maximum absolute atomic E-state index is 12.9. The molecule has 6 heteroatoms. The van der Waals surface area contributed by atoms with Crippen LogP contribution in [0.1, 0.15) is 34.7 Å². The third kappa shape index (κ3) is 3.40. The second-order valence-corrected chi connectivity index (χ2v) is 7.64. The van der Waals surface area contributed by atoms with Gasteiger partial charge < -0.3 is 14.6 Å². The van der Waals surface area contributed by atoms with Gasteiger partial charge in [-0.05, 0) is 42.5 Å². The van der Waals surface area contributed by atoms with Crippen LogP contribution in [-0.4, -0.2) is 36.0 Å². The van der Waals surface area contributed by atoms with Crippen LogP contribution in [0.25, 0.3) is 10.9 Å². The predicted molar refractivity (Wildman–Crippen MR) is 109 cm³/mol. The molecule has 0 bridgehead atoms. The Morgan fingerprint density at radius 3 is 2.48 bits per heavy atom. The number of carbonyl (C=O) groups is 1. The zero-order valence-corrected chi connectivity index (χ0v) is 16.5. The fourth-order valence-corrected chi connectivity index (χ4v) is 4.53. The highest BCUT2D eigenvalue weighted by atomic mass is 35.5. The van der Waals surface area contributed by atoms with E-state index in [1.807, 2.05) is 11.0 Å². The number of likely N-dealkylation sites (tertiary alicyclic amines) is 1. The largest absolute Gasteiger partial charge is 0.494 e. The van der Waals surface area contributed by atoms with Crippen molar-refractivity contribution in [2.45, 2.75) is 18.8 Å². The lowest BCUT2D eigenvalue weighted by atomic mass is 9.89. The van der Waals surface area contributed by atoms with Crippen LogP contribution in [0.15, 0.2) is 42.6 Å². The molecular weight excluding hydrogens is 383 g/mol. The third-order valence-corrected chi connectivity index (χ3v) is 5.85. The SMILES string of the molecule is COc1c(Cl)cc(C(=O)N2CCC(c3c[nH]c4ccccc34)CC2)cc1Cl. The second kappa shape index (κ2) is 7.45. The third-order valence-electron chi connectivity index (χ3n) is 5.29. The van der Waals surface area contributed by atoms with Crippen LogP contribution in [0, 0.1) is 0 Å². The summed E-state index contributed by atoms with van der Waals surface area (Å²) >= 11 is 12.4. The summed E-state index contributed by atoms with van der Waals surface area (Å²) in [6.45, 7) is 1.43. The fraction of sp³-hybridized carbons (Fsp3) is 0.286. The van der Waals surface area contributed by atoms with Crippen LogP contribution in [0.5, 0.6) is 5.75 Å². The number of amides is 1. The lowest BCUT2D eigenvalue weighted by Gasteiger charge is -2.32. The van der Waals surface area contributed by atoms with Crippen LogP contribution in [0.2, 0.25) is 10.0 Å². The number of ether oxygens (including phenoxy) is 1. The van der Waals surface area contributed by atoms with Crippen molar-refractivity contribution in [3.05, 3.63) is 63.8 Å². The van der Waals surface area contributed by atoms with Gasteiger partial charge in [0.2, 0.25) is 0 Å². The van der Waals surface area contributed by atoms with Gasteiger partial charge >= 0.3 is 0 Å². The number of para-hydroxylation sites is 1. The molecule has 0 aliphatic carbocycles. The average molecular weight is 403 g/mol. The van der Waals surface area contributed by atoms with Crippen molar-refractivity contribution in [3.63, 3.8) is 0 Å². The molecule has 1 fully saturated rings. The summed E-state index contributed by atoms with van der Waals surface area (Å²) in [7, 11) is 1.50. The Morgan fingerprint density at radius 2 is 1.81 bits per heavy atom. The van der Waals surface area contributed by atoms with Crippen molar-refractivity contribution in [2.75, 3.05) is 20.2 Å². The van der Waals surface area contributed by atoms with Gasteiger partial charge in [-0.1, -0.05) is 41.4 Å². The Kier molecular flexibility index (Phi) is 5.02. The first-order valence-electron chi connectivity index (χ1n) is 8.97. The maximum atomic E-state index is 12.9. The number of benzene rings is 2. The van der Waals surface area contributed by atoms with E-state index in [0.29, 0.717) is 40.4 Å². The molecule has 1 aliphatic heterocycles. The normalized spacial score (nSPS) is 15.3. The van der Waals surface area contributed by atoms with Gasteiger partial charge in [-0.3, -0.25) is 4.79 Å². The summed E-state index contributed by atoms with van der Waals surface area (Å²) in [6, 6.07) is 11.6. The van der Waals surface area contributed by atoms with Crippen LogP contribution >= 0.6 is 23.2 Å². The first kappa shape index (κ1) is 18.2. The van der Waals surface area contributed by atoms with Crippen LogP contribution in [0.4, 0.5) is 0 Å². The molecule has 0 spiro atoms. The second-order valence-electron chi connectivity index (χ2n) is 6.83. The Balaban J connectivity index is 1.48. The van der Waals surface area contributed by atoms with Crippen molar-refractivity contribution in [1.82, 2.24) is 9.88 Å². The van der Waals surface area contributed by atoms with E-state index >= 15 is 0 Å². The van der Waals surface area contributed by atoms with Crippen molar-refractivity contribution in [1.29, 1.82) is 0 Å². The van der Waals surface area contributed by atoms with Gasteiger partial charge in [-0.25, -0.2) is 0 Å². The molecule has 1 saturated heterocycles. The average Bonchev–Trinajstić information content (AvgIpc) is 3.11. The molecule has 4 rings (SSSR count). The molecular formula is C21H20Cl2N2O2. The van der Waals surface area contributed by atoms with E-state index in [9.17, 15) is 4.79 Å². The minimum Gasteiger partial charge on any atom is -0.494 e. The number of carbonyl (C=O) groups excluding carboxylic acids is 1. The zero-order chi connectivity index (χ0) is 19.0. The quantitative estimate of drug-likeness (QED) is 0.628. The number of rotatable bonds is 3. The molecule has 1 amide bonds. The number of fused-ring (bicyclic) bond motifs is 1. The number of methoxy groups -OCH3 is 1. The molecule has 1 aromatic heterocycles. The number of aromatic nitrogens is 1. The van der Waals surface area contributed by atoms with Gasteiger partial charge in [-0.15, -0.1) is 0 Å². The van der Waals surface area contributed by atoms with E-state index in [4.69, 9.17) is 27.9 Å². The number of nitrogens with one attached hydrogen (secondary N) is 1. The number of nitrogens with zero attached hydrogens (tertiary/aromatic N) is 1. The van der Waals surface area contributed by atoms with Gasteiger partial charge in [0.15, 0.2) is 5.75 Å². The Labute approximate surface area is 168 Å². The summed E-state index contributed by atoms with van der Waals surface area (Å²) < 4.78 is 5.15. The van der Waals surface area contributed by atoms with Crippen LogP contribution < -0.4 is 4.74 Å². The van der Waals surface area contributed by atoms with Gasteiger partial charge in [-0.2, -0.15) is 0 Å². The lowest BCUT2D eigenvalue weighted by molar-refractivity contribution is 0.0713. The molecule has 27 heavy (non-hydrogen) atoms. The van der Waals surface area contributed by atoms with Crippen molar-refractivity contribution >= 4 is 40.0 Å². The molecule has 0 saturated carbocycles. The van der Waals surface area contributed by atoms with Crippen LogP contribution in [-0.2, 0) is 0 Å². The number of aromatic amines is 1. The van der Waals surface area contributed by atoms with Crippen molar-refractivity contribution in [3.8, 4) is 5.75 Å². The smallest absolute Gasteiger partial charge is 0.253 e. The summed E-state index contributed by atoms with van der Waals surface area (Å²) in [5.41, 5.74) is 3.00. The number of piperidine rings is 1. The summed E-state index contributed by atoms with van der Waals surface area (Å²) in [5.74, 6) is 0.806. The number of halogens is 2. The Hall–Kier alpha value is -2.17. The minimum atomic E-state index is -0.0428. The number of H-pyrrole nitrogens is 1. The summed E-state index contributed by atoms with van der Waals surface area (Å²) in [5, 5.41) is 1.97. The van der Waals surface area contributed by atoms with Gasteiger partial charge in [0, 0.05) is 35.8 Å². The molecule has 4 nitrogen and oxygen atoms in total. The van der Waals surface area contributed by atoms with E-state index < -0.39 is 0 Å². The molecule has 0 atom stereocenters. The van der Waals surface area contributed by atoms with Crippen molar-refractivity contribution in [2.24, 2.45) is 0 Å². The monoisotopic (exact) mass is 402 g/mol. The highest BCUT2D eigenvalue weighted by molar-refractivity contribution is 6.37. The van der Waals surface area contributed by atoms with E-state index in [0.717, 1.165) is 18.4 Å². The number of hydrogen-bond acceptors (Lipinski definition) is 2. The van der Waals surface area contributed by atoms with E-state index in [1.54, 1.807) is 12.1 Å². The minimum absolute atomic E-state index is 0.0428. The van der Waals surface area contributed by atoms with Gasteiger partial charge in [0.05, 0.1) is 17.2 Å². The fourth-order valence-electron chi connectivity index (χ4n) is 3.89. The van der Waals surface area contributed by atoms with E-state index in [1.165, 1.54) is 18.1 Å². The summed E-state index contributed by atoms with van der Waals surface area (Å²) in [6.07, 6.45) is 3.98. The molecule has 1 aliphatic rings. The molecule has 0 unspecified atom stereocenters. The molecule has 1 N–H and O–H groups in total. The molecule has 3 aromatic rings. The highest BCUT2D eigenvalue weighted by Crippen LogP contribution is 2.36. The van der Waals surface area contributed by atoms with Crippen LogP contribution in [0.3, 0.4) is 0 Å². The predicted octanol–water partition coefficient (Wildman–Crippen LogP) is 5.50. The first-order valence-corrected chi connectivity index (χ1v) is 9.72. The van der Waals surface area contributed by atoms with Crippen molar-refractivity contribution < 1.29 is 9.53 Å². The lowest BCUT2D eigenvalue weighted by Crippen LogP contribution is -2.37. The topological polar surface area (TPSA) is 45.3 Å². The highest BCUT2D eigenvalue weighted by Gasteiger charge is 2.26. The van der Waals surface area contributed by atoms with E-state index in [2.05, 4.69) is 29.4 Å². The molecule has 0 radical (unpaired) electrons. The summed E-state index contributed by atoms with van der Waals surface area (Å²) in [4.78, 5) is 18.1. The molecule has 2 aromatic carbocycles. The maximum Gasteiger partial charge on any atom is 0.253 e. The van der Waals surface area contributed by atoms with E-state index in [-0.39, 0.29) is 5.91 Å². The number of hydrogen-bond donors (Lipinski definition) is 1. The molecule has 140 valence electrons. The molecule has 2 heterocycles. The standard InChI is InChI=1S/C21H20Cl2N2O2/c1-27-20-17(22)10-14(11-18(20)23)21(26)25-8-6-13(7-9-25)16-12-24-19-5-3-2-4-15(16)19/h2-5,10-13,24H,6-9H2,1H3. The van der Waals surface area contributed by atoms with Gasteiger partial charge in [0.25, 0.3) is 5.91 Å². The zero-order valence-electron chi connectivity index (χ0n) is 15.0. The van der Waals surface area contributed by atoms with Gasteiger partial charge in [0.1, 0.15) is 0 Å². The first-order chi connectivity index (χ1) is 13.1.